The van der Waals surface area contributed by atoms with Crippen molar-refractivity contribution >= 4 is 11.0 Å². The summed E-state index contributed by atoms with van der Waals surface area (Å²) in [5.41, 5.74) is 5.52. The van der Waals surface area contributed by atoms with E-state index in [1.165, 1.54) is 26.4 Å². The number of methoxy groups -OCH3 is 2. The zero-order valence-corrected chi connectivity index (χ0v) is 12.8. The van der Waals surface area contributed by atoms with Gasteiger partial charge in [0.1, 0.15) is 0 Å². The first-order valence-electron chi connectivity index (χ1n) is 6.55. The van der Waals surface area contributed by atoms with Crippen molar-refractivity contribution in [1.29, 1.82) is 0 Å². The number of hydrogen-bond acceptors (Lipinski definition) is 4. The third kappa shape index (κ3) is 3.11. The normalized spacial score (nSPS) is 12.7. The van der Waals surface area contributed by atoms with Crippen LogP contribution >= 0.6 is 0 Å². The van der Waals surface area contributed by atoms with Gasteiger partial charge in [-0.3, -0.25) is 0 Å². The third-order valence-corrected chi connectivity index (χ3v) is 3.07. The molecule has 0 bridgehead atoms. The molecule has 0 saturated heterocycles. The Morgan fingerprint density at radius 3 is 2.14 bits per heavy atom. The maximum atomic E-state index is 13.2. The molecule has 0 fully saturated rings. The summed E-state index contributed by atoms with van der Waals surface area (Å²) >= 11 is 0. The van der Waals surface area contributed by atoms with Gasteiger partial charge in [0.05, 0.1) is 25.3 Å². The van der Waals surface area contributed by atoms with Gasteiger partial charge < -0.3 is 19.8 Å². The summed E-state index contributed by atoms with van der Waals surface area (Å²) < 4.78 is 51.0. The molecule has 8 heteroatoms. The highest BCUT2D eigenvalue weighted by molar-refractivity contribution is 5.81. The molecule has 0 unspecified atom stereocenters. The van der Waals surface area contributed by atoms with E-state index in [1.54, 1.807) is 13.8 Å². The topological polar surface area (TPSA) is 62.3 Å². The van der Waals surface area contributed by atoms with Crippen molar-refractivity contribution in [2.75, 3.05) is 14.2 Å². The molecule has 0 atom stereocenters. The van der Waals surface area contributed by atoms with Crippen LogP contribution in [0.2, 0.25) is 0 Å². The number of fused-ring (bicyclic) bond motifs is 1. The molecule has 0 amide bonds. The highest BCUT2D eigenvalue weighted by Gasteiger charge is 2.38. The average Bonchev–Trinajstić information content (AvgIpc) is 2.73. The Balaban J connectivity index is 2.76. The molecule has 0 aliphatic rings. The fourth-order valence-corrected chi connectivity index (χ4v) is 2.24. The van der Waals surface area contributed by atoms with E-state index < -0.39 is 17.5 Å². The second kappa shape index (κ2) is 5.35. The molecule has 0 aliphatic heterocycles. The smallest absolute Gasteiger partial charge is 0.449 e. The van der Waals surface area contributed by atoms with E-state index in [9.17, 15) is 13.2 Å². The fraction of sp³-hybridized carbons (Fsp3) is 0.500. The lowest BCUT2D eigenvalue weighted by atomic mass is 10.1. The van der Waals surface area contributed by atoms with Gasteiger partial charge in [-0.1, -0.05) is 0 Å². The van der Waals surface area contributed by atoms with Crippen LogP contribution in [0.4, 0.5) is 13.2 Å². The number of rotatable bonds is 4. The number of nitrogens with zero attached hydrogens (tertiary/aromatic N) is 2. The number of ether oxygens (including phenoxy) is 2. The summed E-state index contributed by atoms with van der Waals surface area (Å²) in [6, 6.07) is 2.89. The maximum Gasteiger partial charge on any atom is 0.449 e. The number of alkyl halides is 3. The minimum Gasteiger partial charge on any atom is -0.493 e. The van der Waals surface area contributed by atoms with Gasteiger partial charge in [-0.2, -0.15) is 13.2 Å². The van der Waals surface area contributed by atoms with Crippen molar-refractivity contribution in [3.8, 4) is 11.5 Å². The highest BCUT2D eigenvalue weighted by Crippen LogP contribution is 2.37. The standard InChI is InChI=1S/C14H18F3N3O2/c1-13(2,18)7-20-9-6-11(22-4)10(21-3)5-8(9)19-12(20)14(15,16)17/h5-6H,7,18H2,1-4H3. The van der Waals surface area contributed by atoms with Crippen molar-refractivity contribution in [1.82, 2.24) is 9.55 Å². The monoisotopic (exact) mass is 317 g/mol. The molecule has 2 N–H and O–H groups in total. The predicted molar refractivity (Wildman–Crippen MR) is 76.1 cm³/mol. The molecule has 0 radical (unpaired) electrons. The van der Waals surface area contributed by atoms with Gasteiger partial charge in [0.25, 0.3) is 0 Å². The molecule has 0 spiro atoms. The van der Waals surface area contributed by atoms with Crippen molar-refractivity contribution in [2.24, 2.45) is 5.73 Å². The molecule has 1 aromatic heterocycles. The highest BCUT2D eigenvalue weighted by atomic mass is 19.4. The van der Waals surface area contributed by atoms with Gasteiger partial charge in [0.2, 0.25) is 5.82 Å². The Kier molecular flexibility index (Phi) is 3.99. The van der Waals surface area contributed by atoms with Crippen LogP contribution < -0.4 is 15.2 Å². The second-order valence-electron chi connectivity index (χ2n) is 5.70. The Bertz CT molecular complexity index is 687. The van der Waals surface area contributed by atoms with Crippen LogP contribution in [0.3, 0.4) is 0 Å². The van der Waals surface area contributed by atoms with Gasteiger partial charge >= 0.3 is 6.18 Å². The Morgan fingerprint density at radius 2 is 1.68 bits per heavy atom. The summed E-state index contributed by atoms with van der Waals surface area (Å²) in [5.74, 6) is -0.337. The zero-order valence-electron chi connectivity index (χ0n) is 12.8. The van der Waals surface area contributed by atoms with Crippen LogP contribution in [-0.4, -0.2) is 29.3 Å². The first kappa shape index (κ1) is 16.4. The van der Waals surface area contributed by atoms with E-state index >= 15 is 0 Å². The summed E-state index contributed by atoms with van der Waals surface area (Å²) in [6.07, 6.45) is -4.58. The number of benzene rings is 1. The largest absolute Gasteiger partial charge is 0.493 e. The van der Waals surface area contributed by atoms with Crippen molar-refractivity contribution < 1.29 is 22.6 Å². The molecule has 22 heavy (non-hydrogen) atoms. The molecule has 122 valence electrons. The lowest BCUT2D eigenvalue weighted by Crippen LogP contribution is -2.38. The minimum absolute atomic E-state index is 0.0339. The van der Waals surface area contributed by atoms with E-state index in [-0.39, 0.29) is 12.1 Å². The van der Waals surface area contributed by atoms with Crippen molar-refractivity contribution in [3.63, 3.8) is 0 Å². The van der Waals surface area contributed by atoms with Crippen LogP contribution in [0.15, 0.2) is 12.1 Å². The van der Waals surface area contributed by atoms with Crippen LogP contribution in [0.5, 0.6) is 11.5 Å². The molecule has 1 aromatic carbocycles. The minimum atomic E-state index is -4.58. The molecule has 0 aliphatic carbocycles. The van der Waals surface area contributed by atoms with Gasteiger partial charge in [0, 0.05) is 24.2 Å². The van der Waals surface area contributed by atoms with E-state index in [4.69, 9.17) is 15.2 Å². The number of hydrogen-bond donors (Lipinski definition) is 1. The van der Waals surface area contributed by atoms with Crippen molar-refractivity contribution in [2.45, 2.75) is 32.1 Å². The number of nitrogens with two attached hydrogens (primary N) is 1. The van der Waals surface area contributed by atoms with Gasteiger partial charge in [-0.15, -0.1) is 0 Å². The lowest BCUT2D eigenvalue weighted by Gasteiger charge is -2.22. The van der Waals surface area contributed by atoms with E-state index in [2.05, 4.69) is 4.98 Å². The lowest BCUT2D eigenvalue weighted by molar-refractivity contribution is -0.147. The van der Waals surface area contributed by atoms with Gasteiger partial charge in [-0.25, -0.2) is 4.98 Å². The average molecular weight is 317 g/mol. The molecule has 2 aromatic rings. The van der Waals surface area contributed by atoms with E-state index in [0.717, 1.165) is 4.57 Å². The van der Waals surface area contributed by atoms with Crippen LogP contribution in [-0.2, 0) is 12.7 Å². The number of aromatic nitrogens is 2. The Labute approximate surface area is 125 Å². The fourth-order valence-electron chi connectivity index (χ4n) is 2.24. The summed E-state index contributed by atoms with van der Waals surface area (Å²) in [4.78, 5) is 3.70. The maximum absolute atomic E-state index is 13.2. The number of imidazole rings is 1. The summed E-state index contributed by atoms with van der Waals surface area (Å²) in [5, 5.41) is 0. The predicted octanol–water partition coefficient (Wildman–Crippen LogP) is 2.81. The molecule has 5 nitrogen and oxygen atoms in total. The summed E-state index contributed by atoms with van der Waals surface area (Å²) in [6.45, 7) is 3.27. The Hall–Kier alpha value is -1.96. The molecular weight excluding hydrogens is 299 g/mol. The molecular formula is C14H18F3N3O2. The van der Waals surface area contributed by atoms with Crippen LogP contribution in [0.25, 0.3) is 11.0 Å². The first-order chi connectivity index (χ1) is 10.1. The third-order valence-electron chi connectivity index (χ3n) is 3.07. The number of halogens is 3. The summed E-state index contributed by atoms with van der Waals surface area (Å²) in [7, 11) is 2.83. The van der Waals surface area contributed by atoms with Gasteiger partial charge in [0.15, 0.2) is 11.5 Å². The van der Waals surface area contributed by atoms with Crippen LogP contribution in [0, 0.1) is 0 Å². The van der Waals surface area contributed by atoms with Gasteiger partial charge in [-0.05, 0) is 13.8 Å². The zero-order chi connectivity index (χ0) is 16.7. The van der Waals surface area contributed by atoms with E-state index in [0.29, 0.717) is 17.0 Å². The SMILES string of the molecule is COc1cc2nc(C(F)(F)F)n(CC(C)(C)N)c2cc1OC. The second-order valence-corrected chi connectivity index (χ2v) is 5.70. The van der Waals surface area contributed by atoms with E-state index in [1.807, 2.05) is 0 Å². The van der Waals surface area contributed by atoms with Crippen molar-refractivity contribution in [3.05, 3.63) is 18.0 Å². The quantitative estimate of drug-likeness (QED) is 0.942. The molecule has 2 rings (SSSR count). The molecule has 0 saturated carbocycles. The Morgan fingerprint density at radius 1 is 1.14 bits per heavy atom. The molecule has 1 heterocycles. The van der Waals surface area contributed by atoms with Crippen LogP contribution in [0.1, 0.15) is 19.7 Å². The first-order valence-corrected chi connectivity index (χ1v) is 6.55.